The summed E-state index contributed by atoms with van der Waals surface area (Å²) in [7, 11) is -3.90. The zero-order chi connectivity index (χ0) is 16.6. The van der Waals surface area contributed by atoms with E-state index in [9.17, 15) is 17.6 Å². The van der Waals surface area contributed by atoms with Crippen molar-refractivity contribution in [1.29, 1.82) is 0 Å². The molecule has 7 nitrogen and oxygen atoms in total. The molecule has 0 saturated heterocycles. The van der Waals surface area contributed by atoms with Crippen molar-refractivity contribution in [3.8, 4) is 24.0 Å². The van der Waals surface area contributed by atoms with E-state index in [1.807, 2.05) is 5.92 Å². The number of benzene rings is 1. The molecule has 0 unspecified atom stereocenters. The summed E-state index contributed by atoms with van der Waals surface area (Å²) in [6, 6.07) is 4.42. The summed E-state index contributed by atoms with van der Waals surface area (Å²) in [4.78, 5) is 12.0. The van der Waals surface area contributed by atoms with Gasteiger partial charge >= 0.3 is 5.22 Å². The normalized spacial score (nSPS) is 11.5. The van der Waals surface area contributed by atoms with Crippen LogP contribution in [0.25, 0.3) is 22.6 Å². The van der Waals surface area contributed by atoms with Crippen LogP contribution in [-0.4, -0.2) is 24.4 Å². The predicted molar refractivity (Wildman–Crippen MR) is 76.6 cm³/mol. The van der Waals surface area contributed by atoms with Gasteiger partial charge in [0.15, 0.2) is 11.2 Å². The number of fused-ring (bicyclic) bond motifs is 1. The lowest BCUT2D eigenvalue weighted by molar-refractivity contribution is 0.430. The second-order valence-corrected chi connectivity index (χ2v) is 6.32. The lowest BCUT2D eigenvalue weighted by atomic mass is 10.2. The Kier molecular flexibility index (Phi) is 3.46. The lowest BCUT2D eigenvalue weighted by Crippen LogP contribution is -2.05. The predicted octanol–water partition coefficient (Wildman–Crippen LogP) is 1.39. The van der Waals surface area contributed by atoms with Crippen molar-refractivity contribution >= 4 is 20.8 Å². The maximum absolute atomic E-state index is 13.1. The van der Waals surface area contributed by atoms with Gasteiger partial charge < -0.3 is 8.83 Å². The quantitative estimate of drug-likeness (QED) is 0.667. The van der Waals surface area contributed by atoms with Gasteiger partial charge in [0.1, 0.15) is 17.2 Å². The second kappa shape index (κ2) is 5.33. The van der Waals surface area contributed by atoms with Crippen LogP contribution in [0.15, 0.2) is 43.1 Å². The standard InChI is InChI=1S/C14H7FN2O5S/c1-2-5-23(19,20)14-17-16-13(22-14)12-7-10(18)9-6-8(15)3-4-11(9)21-12/h1,3-4,6-7H,5H2. The Hall–Kier alpha value is -2.99. The molecule has 116 valence electrons. The SMILES string of the molecule is C#CCS(=O)(=O)c1nnc(-c2cc(=O)c3cc(F)ccc3o2)o1. The molecule has 0 bridgehead atoms. The van der Waals surface area contributed by atoms with E-state index < -0.39 is 32.1 Å². The van der Waals surface area contributed by atoms with Crippen molar-refractivity contribution in [2.45, 2.75) is 5.22 Å². The highest BCUT2D eigenvalue weighted by Gasteiger charge is 2.23. The second-order valence-electron chi connectivity index (χ2n) is 4.45. The Morgan fingerprint density at radius 3 is 2.74 bits per heavy atom. The Labute approximate surface area is 128 Å². The maximum Gasteiger partial charge on any atom is 0.336 e. The maximum atomic E-state index is 13.1. The molecule has 0 spiro atoms. The summed E-state index contributed by atoms with van der Waals surface area (Å²) in [5.74, 6) is 0.345. The summed E-state index contributed by atoms with van der Waals surface area (Å²) < 4.78 is 47.0. The molecule has 0 aliphatic carbocycles. The summed E-state index contributed by atoms with van der Waals surface area (Å²) in [6.45, 7) is 0. The van der Waals surface area contributed by atoms with E-state index in [1.54, 1.807) is 0 Å². The minimum atomic E-state index is -3.90. The van der Waals surface area contributed by atoms with E-state index in [-0.39, 0.29) is 22.6 Å². The topological polar surface area (TPSA) is 103 Å². The molecule has 23 heavy (non-hydrogen) atoms. The van der Waals surface area contributed by atoms with Crippen LogP contribution in [0.3, 0.4) is 0 Å². The van der Waals surface area contributed by atoms with Gasteiger partial charge in [-0.25, -0.2) is 12.8 Å². The van der Waals surface area contributed by atoms with Crippen molar-refractivity contribution in [3.05, 3.63) is 40.3 Å². The Morgan fingerprint density at radius 1 is 1.22 bits per heavy atom. The van der Waals surface area contributed by atoms with Gasteiger partial charge in [0.2, 0.25) is 9.84 Å². The molecule has 3 aromatic rings. The van der Waals surface area contributed by atoms with Crippen LogP contribution in [-0.2, 0) is 9.84 Å². The molecule has 2 aromatic heterocycles. The number of terminal acetylenes is 1. The molecule has 1 aromatic carbocycles. The van der Waals surface area contributed by atoms with Gasteiger partial charge in [0.25, 0.3) is 5.89 Å². The summed E-state index contributed by atoms with van der Waals surface area (Å²) in [5, 5.41) is 6.28. The number of hydrogen-bond donors (Lipinski definition) is 0. The van der Waals surface area contributed by atoms with Crippen molar-refractivity contribution < 1.29 is 21.6 Å². The van der Waals surface area contributed by atoms with E-state index in [1.165, 1.54) is 6.07 Å². The van der Waals surface area contributed by atoms with Gasteiger partial charge in [0, 0.05) is 6.07 Å². The summed E-state index contributed by atoms with van der Waals surface area (Å²) in [5.41, 5.74) is -0.438. The molecular weight excluding hydrogens is 327 g/mol. The van der Waals surface area contributed by atoms with Gasteiger partial charge in [-0.1, -0.05) is 11.0 Å². The number of rotatable bonds is 3. The van der Waals surface area contributed by atoms with Crippen LogP contribution in [0.2, 0.25) is 0 Å². The summed E-state index contributed by atoms with van der Waals surface area (Å²) in [6.07, 6.45) is 4.95. The highest BCUT2D eigenvalue weighted by atomic mass is 32.2. The molecule has 0 radical (unpaired) electrons. The van der Waals surface area contributed by atoms with Crippen LogP contribution in [0.4, 0.5) is 4.39 Å². The number of sulfone groups is 1. The van der Waals surface area contributed by atoms with E-state index in [0.29, 0.717) is 0 Å². The highest BCUT2D eigenvalue weighted by molar-refractivity contribution is 7.91. The Bertz CT molecular complexity index is 1110. The molecule has 0 fully saturated rings. The van der Waals surface area contributed by atoms with Crippen molar-refractivity contribution in [2.24, 2.45) is 0 Å². The number of nitrogens with zero attached hydrogens (tertiary/aromatic N) is 2. The van der Waals surface area contributed by atoms with Gasteiger partial charge in [-0.15, -0.1) is 11.5 Å². The van der Waals surface area contributed by atoms with E-state index in [2.05, 4.69) is 10.2 Å². The minimum Gasteiger partial charge on any atom is -0.451 e. The first-order chi connectivity index (χ1) is 10.9. The molecular formula is C14H7FN2O5S. The van der Waals surface area contributed by atoms with Gasteiger partial charge in [0.05, 0.1) is 5.39 Å². The third-order valence-corrected chi connectivity index (χ3v) is 4.09. The number of hydrogen-bond acceptors (Lipinski definition) is 7. The molecule has 3 rings (SSSR count). The average Bonchev–Trinajstić information content (AvgIpc) is 2.98. The van der Waals surface area contributed by atoms with Crippen molar-refractivity contribution in [2.75, 3.05) is 5.75 Å². The lowest BCUT2D eigenvalue weighted by Gasteiger charge is -1.99. The fourth-order valence-electron chi connectivity index (χ4n) is 1.84. The zero-order valence-electron chi connectivity index (χ0n) is 11.3. The van der Waals surface area contributed by atoms with Gasteiger partial charge in [-0.3, -0.25) is 4.79 Å². The minimum absolute atomic E-state index is 0.0356. The molecule has 0 amide bonds. The van der Waals surface area contributed by atoms with Crippen LogP contribution >= 0.6 is 0 Å². The molecule has 0 aliphatic heterocycles. The van der Waals surface area contributed by atoms with E-state index in [0.717, 1.165) is 18.2 Å². The van der Waals surface area contributed by atoms with Crippen LogP contribution < -0.4 is 5.43 Å². The average molecular weight is 334 g/mol. The Balaban J connectivity index is 2.12. The fourth-order valence-corrected chi connectivity index (χ4v) is 2.55. The molecule has 0 aliphatic rings. The van der Waals surface area contributed by atoms with Crippen molar-refractivity contribution in [3.63, 3.8) is 0 Å². The van der Waals surface area contributed by atoms with Crippen LogP contribution in [0.5, 0.6) is 0 Å². The first-order valence-corrected chi connectivity index (χ1v) is 7.79. The molecule has 9 heteroatoms. The molecule has 0 N–H and O–H groups in total. The highest BCUT2D eigenvalue weighted by Crippen LogP contribution is 2.23. The summed E-state index contributed by atoms with van der Waals surface area (Å²) >= 11 is 0. The van der Waals surface area contributed by atoms with E-state index in [4.69, 9.17) is 15.3 Å². The monoisotopic (exact) mass is 334 g/mol. The zero-order valence-corrected chi connectivity index (χ0v) is 12.1. The molecule has 0 atom stereocenters. The van der Waals surface area contributed by atoms with Gasteiger partial charge in [-0.05, 0) is 18.2 Å². The third-order valence-electron chi connectivity index (χ3n) is 2.85. The number of halogens is 1. The first-order valence-electron chi connectivity index (χ1n) is 6.14. The van der Waals surface area contributed by atoms with Crippen LogP contribution in [0.1, 0.15) is 0 Å². The fraction of sp³-hybridized carbons (Fsp3) is 0.0714. The van der Waals surface area contributed by atoms with E-state index >= 15 is 0 Å². The number of aromatic nitrogens is 2. The molecule has 0 saturated carbocycles. The smallest absolute Gasteiger partial charge is 0.336 e. The first kappa shape index (κ1) is 14.9. The largest absolute Gasteiger partial charge is 0.451 e. The molecule has 2 heterocycles. The van der Waals surface area contributed by atoms with Crippen LogP contribution in [0, 0.1) is 18.2 Å². The third kappa shape index (κ3) is 2.72. The Morgan fingerprint density at radius 2 is 2.00 bits per heavy atom. The van der Waals surface area contributed by atoms with Gasteiger partial charge in [-0.2, -0.15) is 0 Å². The van der Waals surface area contributed by atoms with Crippen molar-refractivity contribution in [1.82, 2.24) is 10.2 Å².